The van der Waals surface area contributed by atoms with Gasteiger partial charge in [-0.25, -0.2) is 9.78 Å². The molecule has 132 valence electrons. The average molecular weight is 384 g/mol. The molecule has 0 fully saturated rings. The topological polar surface area (TPSA) is 54.0 Å². The highest BCUT2D eigenvalue weighted by Gasteiger charge is 2.12. The van der Waals surface area contributed by atoms with E-state index in [9.17, 15) is 4.79 Å². The summed E-state index contributed by atoms with van der Waals surface area (Å²) in [5.41, 5.74) is 5.56. The minimum absolute atomic E-state index is 0.321. The lowest BCUT2D eigenvalue weighted by atomic mass is 9.90. The minimum Gasteiger partial charge on any atom is -0.308 e. The monoisotopic (exact) mass is 383 g/mol. The van der Waals surface area contributed by atoms with E-state index in [1.54, 1.807) is 24.3 Å². The number of fused-ring (bicyclic) bond motifs is 1. The largest absolute Gasteiger partial charge is 0.325 e. The van der Waals surface area contributed by atoms with Gasteiger partial charge in [0.2, 0.25) is 0 Å². The molecule has 0 bridgehead atoms. The van der Waals surface area contributed by atoms with Crippen LogP contribution in [0.4, 0.5) is 15.6 Å². The number of urea groups is 1. The van der Waals surface area contributed by atoms with Crippen LogP contribution >= 0.6 is 22.9 Å². The van der Waals surface area contributed by atoms with Crippen LogP contribution < -0.4 is 10.6 Å². The molecule has 0 saturated heterocycles. The van der Waals surface area contributed by atoms with Crippen molar-refractivity contribution >= 4 is 39.8 Å². The molecule has 4 nitrogen and oxygen atoms in total. The lowest BCUT2D eigenvalue weighted by Gasteiger charge is -2.16. The molecule has 4 rings (SSSR count). The Balaban J connectivity index is 1.44. The number of hydrogen-bond acceptors (Lipinski definition) is 3. The molecule has 2 aromatic carbocycles. The summed E-state index contributed by atoms with van der Waals surface area (Å²) in [5.74, 6) is 0. The zero-order chi connectivity index (χ0) is 17.9. The summed E-state index contributed by atoms with van der Waals surface area (Å²) in [6.07, 6.45) is 4.84. The number of anilines is 2. The molecule has 0 spiro atoms. The van der Waals surface area contributed by atoms with Gasteiger partial charge in [0.1, 0.15) is 0 Å². The fraction of sp³-hybridized carbons (Fsp3) is 0.200. The number of aromatic nitrogens is 1. The number of carbonyl (C=O) groups is 1. The summed E-state index contributed by atoms with van der Waals surface area (Å²) in [7, 11) is 0. The van der Waals surface area contributed by atoms with Crippen LogP contribution in [0.3, 0.4) is 0 Å². The molecule has 0 radical (unpaired) electrons. The first-order valence-electron chi connectivity index (χ1n) is 8.59. The Morgan fingerprint density at radius 2 is 1.77 bits per heavy atom. The first-order valence-corrected chi connectivity index (χ1v) is 9.84. The highest BCUT2D eigenvalue weighted by atomic mass is 35.5. The average Bonchev–Trinajstić information content (AvgIpc) is 3.11. The van der Waals surface area contributed by atoms with Gasteiger partial charge in [0.15, 0.2) is 5.13 Å². The number of rotatable bonds is 3. The van der Waals surface area contributed by atoms with Crippen molar-refractivity contribution in [2.75, 3.05) is 10.6 Å². The van der Waals surface area contributed by atoms with E-state index in [0.717, 1.165) is 17.7 Å². The number of nitrogens with one attached hydrogen (secondary N) is 2. The van der Waals surface area contributed by atoms with Crippen molar-refractivity contribution in [1.82, 2.24) is 4.98 Å². The Bertz CT molecular complexity index is 936. The van der Waals surface area contributed by atoms with E-state index in [4.69, 9.17) is 11.6 Å². The van der Waals surface area contributed by atoms with E-state index in [1.807, 2.05) is 5.38 Å². The molecule has 1 heterocycles. The molecular formula is C20H18ClN3OS. The van der Waals surface area contributed by atoms with E-state index in [-0.39, 0.29) is 6.03 Å². The Morgan fingerprint density at radius 3 is 2.58 bits per heavy atom. The Morgan fingerprint density at radius 1 is 1.00 bits per heavy atom. The summed E-state index contributed by atoms with van der Waals surface area (Å²) in [5, 5.41) is 8.73. The Labute approximate surface area is 161 Å². The van der Waals surface area contributed by atoms with Crippen molar-refractivity contribution < 1.29 is 4.79 Å². The second-order valence-electron chi connectivity index (χ2n) is 6.31. The minimum atomic E-state index is -0.321. The van der Waals surface area contributed by atoms with Crippen LogP contribution in [0.15, 0.2) is 47.8 Å². The fourth-order valence-electron chi connectivity index (χ4n) is 3.15. The molecule has 1 aliphatic carbocycles. The van der Waals surface area contributed by atoms with Crippen LogP contribution in [-0.2, 0) is 12.8 Å². The van der Waals surface area contributed by atoms with E-state index in [2.05, 4.69) is 33.8 Å². The van der Waals surface area contributed by atoms with E-state index < -0.39 is 0 Å². The molecule has 0 unspecified atom stereocenters. The smallest absolute Gasteiger partial charge is 0.308 e. The molecule has 2 amide bonds. The van der Waals surface area contributed by atoms with Crippen LogP contribution in [0.25, 0.3) is 11.3 Å². The lowest BCUT2D eigenvalue weighted by Crippen LogP contribution is -2.19. The first-order chi connectivity index (χ1) is 12.7. The molecule has 6 heteroatoms. The van der Waals surface area contributed by atoms with Gasteiger partial charge >= 0.3 is 6.03 Å². The van der Waals surface area contributed by atoms with Crippen molar-refractivity contribution in [3.05, 3.63) is 64.0 Å². The van der Waals surface area contributed by atoms with E-state index in [0.29, 0.717) is 15.8 Å². The summed E-state index contributed by atoms with van der Waals surface area (Å²) in [4.78, 5) is 16.7. The van der Waals surface area contributed by atoms with Gasteiger partial charge in [0.05, 0.1) is 5.69 Å². The summed E-state index contributed by atoms with van der Waals surface area (Å²) < 4.78 is 0. The van der Waals surface area contributed by atoms with Crippen LogP contribution in [0.5, 0.6) is 0 Å². The zero-order valence-corrected chi connectivity index (χ0v) is 15.7. The summed E-state index contributed by atoms with van der Waals surface area (Å²) in [6.45, 7) is 0. The highest BCUT2D eigenvalue weighted by molar-refractivity contribution is 7.14. The summed E-state index contributed by atoms with van der Waals surface area (Å²) >= 11 is 7.27. The number of carbonyl (C=O) groups excluding carboxylic acids is 1. The highest BCUT2D eigenvalue weighted by Crippen LogP contribution is 2.29. The number of halogens is 1. The van der Waals surface area contributed by atoms with Gasteiger partial charge in [-0.05, 0) is 67.1 Å². The number of hydrogen-bond donors (Lipinski definition) is 2. The standard InChI is InChI=1S/C20H18ClN3OS/c21-16-7-9-17(10-8-16)22-19(25)24-20-23-18(12-26-20)15-6-5-13-3-1-2-4-14(13)11-15/h5-12H,1-4H2,(H2,22,23,24,25). The normalized spacial score (nSPS) is 13.1. The molecule has 0 atom stereocenters. The van der Waals surface area contributed by atoms with Gasteiger partial charge in [-0.1, -0.05) is 23.7 Å². The maximum Gasteiger partial charge on any atom is 0.325 e. The molecule has 1 aromatic heterocycles. The van der Waals surface area contributed by atoms with Gasteiger partial charge in [0.25, 0.3) is 0 Å². The SMILES string of the molecule is O=C(Nc1ccc(Cl)cc1)Nc1nc(-c2ccc3c(c2)CCCC3)cs1. The quantitative estimate of drug-likeness (QED) is 0.583. The van der Waals surface area contributed by atoms with E-state index in [1.165, 1.54) is 41.7 Å². The Kier molecular flexibility index (Phi) is 4.91. The molecule has 0 saturated carbocycles. The lowest BCUT2D eigenvalue weighted by molar-refractivity contribution is 0.262. The Hall–Kier alpha value is -2.37. The predicted octanol–water partition coefficient (Wildman–Crippen LogP) is 5.99. The molecule has 0 aliphatic heterocycles. The summed E-state index contributed by atoms with van der Waals surface area (Å²) in [6, 6.07) is 13.2. The maximum absolute atomic E-state index is 12.1. The number of nitrogens with zero attached hydrogens (tertiary/aromatic N) is 1. The molecule has 26 heavy (non-hydrogen) atoms. The van der Waals surface area contributed by atoms with Crippen molar-refractivity contribution in [1.29, 1.82) is 0 Å². The van der Waals surface area contributed by atoms with Crippen LogP contribution in [-0.4, -0.2) is 11.0 Å². The van der Waals surface area contributed by atoms with Crippen molar-refractivity contribution in [2.24, 2.45) is 0 Å². The van der Waals surface area contributed by atoms with E-state index >= 15 is 0 Å². The number of aryl methyl sites for hydroxylation is 2. The predicted molar refractivity (Wildman–Crippen MR) is 108 cm³/mol. The molecule has 1 aliphatic rings. The maximum atomic E-state index is 12.1. The van der Waals surface area contributed by atoms with Crippen molar-refractivity contribution in [3.63, 3.8) is 0 Å². The van der Waals surface area contributed by atoms with Crippen LogP contribution in [0, 0.1) is 0 Å². The van der Waals surface area contributed by atoms with Crippen LogP contribution in [0.1, 0.15) is 24.0 Å². The van der Waals surface area contributed by atoms with Gasteiger partial charge in [-0.3, -0.25) is 5.32 Å². The van der Waals surface area contributed by atoms with Gasteiger partial charge in [0, 0.05) is 21.7 Å². The third-order valence-electron chi connectivity index (χ3n) is 4.47. The second-order valence-corrected chi connectivity index (χ2v) is 7.61. The number of thiazole rings is 1. The molecular weight excluding hydrogens is 366 g/mol. The first kappa shape index (κ1) is 17.1. The third kappa shape index (κ3) is 3.89. The number of amides is 2. The number of benzene rings is 2. The fourth-order valence-corrected chi connectivity index (χ4v) is 3.99. The second kappa shape index (κ2) is 7.48. The third-order valence-corrected chi connectivity index (χ3v) is 5.48. The molecule has 3 aromatic rings. The van der Waals surface area contributed by atoms with Crippen molar-refractivity contribution in [2.45, 2.75) is 25.7 Å². The van der Waals surface area contributed by atoms with Crippen LogP contribution in [0.2, 0.25) is 5.02 Å². The molecule has 2 N–H and O–H groups in total. The van der Waals surface area contributed by atoms with Gasteiger partial charge in [-0.2, -0.15) is 0 Å². The zero-order valence-electron chi connectivity index (χ0n) is 14.1. The van der Waals surface area contributed by atoms with Crippen molar-refractivity contribution in [3.8, 4) is 11.3 Å². The van der Waals surface area contributed by atoms with Gasteiger partial charge in [-0.15, -0.1) is 11.3 Å². The van der Waals surface area contributed by atoms with Gasteiger partial charge < -0.3 is 5.32 Å².